The lowest BCUT2D eigenvalue weighted by Gasteiger charge is -2.37. The summed E-state index contributed by atoms with van der Waals surface area (Å²) in [6, 6.07) is 14.9. The van der Waals surface area contributed by atoms with E-state index in [9.17, 15) is 4.79 Å². The number of morpholine rings is 1. The van der Waals surface area contributed by atoms with E-state index in [1.165, 1.54) is 16.3 Å². The number of fused-ring (bicyclic) bond motifs is 1. The molecule has 2 saturated heterocycles. The maximum Gasteiger partial charge on any atom is 0.242 e. The zero-order chi connectivity index (χ0) is 17.1. The Morgan fingerprint density at radius 2 is 1.78 bits per heavy atom. The molecule has 0 aromatic heterocycles. The second-order valence-corrected chi connectivity index (χ2v) is 6.82. The van der Waals surface area contributed by atoms with E-state index < -0.39 is 0 Å². The molecular formula is C20H27Cl2N3O2. The third kappa shape index (κ3) is 5.12. The van der Waals surface area contributed by atoms with Gasteiger partial charge in [-0.05, 0) is 16.3 Å². The number of piperazine rings is 1. The summed E-state index contributed by atoms with van der Waals surface area (Å²) >= 11 is 0. The van der Waals surface area contributed by atoms with Crippen LogP contribution in [0.15, 0.2) is 42.5 Å². The van der Waals surface area contributed by atoms with Crippen LogP contribution < -0.4 is 5.32 Å². The molecule has 7 heteroatoms. The molecule has 148 valence electrons. The summed E-state index contributed by atoms with van der Waals surface area (Å²) < 4.78 is 5.41. The van der Waals surface area contributed by atoms with Gasteiger partial charge in [0.2, 0.25) is 5.91 Å². The number of hydrogen-bond acceptors (Lipinski definition) is 4. The van der Waals surface area contributed by atoms with Gasteiger partial charge in [0.05, 0.1) is 13.2 Å². The third-order valence-corrected chi connectivity index (χ3v) is 5.18. The van der Waals surface area contributed by atoms with Gasteiger partial charge in [-0.1, -0.05) is 42.5 Å². The van der Waals surface area contributed by atoms with Crippen LogP contribution in [-0.4, -0.2) is 67.7 Å². The first-order valence-electron chi connectivity index (χ1n) is 9.10. The lowest BCUT2D eigenvalue weighted by molar-refractivity contribution is -0.138. The van der Waals surface area contributed by atoms with Crippen LogP contribution in [0.3, 0.4) is 0 Å². The number of ether oxygens (including phenoxy) is 1. The second kappa shape index (κ2) is 10.2. The van der Waals surface area contributed by atoms with E-state index >= 15 is 0 Å². The minimum Gasteiger partial charge on any atom is -0.378 e. The summed E-state index contributed by atoms with van der Waals surface area (Å²) in [5.41, 5.74) is 1.36. The van der Waals surface area contributed by atoms with E-state index in [2.05, 4.69) is 52.7 Å². The molecule has 0 spiro atoms. The SMILES string of the molecule is Cl.Cl.O=C(C1COCCN1)N1CCN(Cc2cccc3ccccc23)CC1. The molecule has 5 nitrogen and oxygen atoms in total. The predicted octanol–water partition coefficient (Wildman–Crippen LogP) is 2.32. The number of benzene rings is 2. The normalized spacial score (nSPS) is 20.6. The molecule has 1 amide bonds. The third-order valence-electron chi connectivity index (χ3n) is 5.18. The van der Waals surface area contributed by atoms with Gasteiger partial charge in [-0.25, -0.2) is 0 Å². The fourth-order valence-electron chi connectivity index (χ4n) is 3.74. The lowest BCUT2D eigenvalue weighted by atomic mass is 10.0. The lowest BCUT2D eigenvalue weighted by Crippen LogP contribution is -2.57. The molecule has 0 radical (unpaired) electrons. The Morgan fingerprint density at radius 3 is 2.52 bits per heavy atom. The van der Waals surface area contributed by atoms with E-state index in [4.69, 9.17) is 4.74 Å². The second-order valence-electron chi connectivity index (χ2n) is 6.82. The Balaban J connectivity index is 0.00000131. The molecule has 2 aliphatic rings. The minimum atomic E-state index is -0.168. The zero-order valence-corrected chi connectivity index (χ0v) is 16.9. The highest BCUT2D eigenvalue weighted by Crippen LogP contribution is 2.20. The fraction of sp³-hybridized carbons (Fsp3) is 0.450. The molecular weight excluding hydrogens is 385 g/mol. The smallest absolute Gasteiger partial charge is 0.242 e. The Labute approximate surface area is 172 Å². The predicted molar refractivity (Wildman–Crippen MR) is 113 cm³/mol. The Hall–Kier alpha value is -1.37. The number of nitrogens with zero attached hydrogens (tertiary/aromatic N) is 2. The van der Waals surface area contributed by atoms with Crippen LogP contribution >= 0.6 is 24.8 Å². The number of carbonyl (C=O) groups excluding carboxylic acids is 1. The van der Waals surface area contributed by atoms with Crippen molar-refractivity contribution >= 4 is 41.5 Å². The van der Waals surface area contributed by atoms with Crippen LogP contribution in [0.1, 0.15) is 5.56 Å². The molecule has 1 N–H and O–H groups in total. The maximum atomic E-state index is 12.6. The summed E-state index contributed by atoms with van der Waals surface area (Å²) in [6.45, 7) is 6.32. The molecule has 2 aliphatic heterocycles. The zero-order valence-electron chi connectivity index (χ0n) is 15.3. The van der Waals surface area contributed by atoms with Gasteiger partial charge in [-0.2, -0.15) is 0 Å². The van der Waals surface area contributed by atoms with Crippen molar-refractivity contribution in [3.8, 4) is 0 Å². The van der Waals surface area contributed by atoms with Crippen molar-refractivity contribution in [1.82, 2.24) is 15.1 Å². The van der Waals surface area contributed by atoms with Crippen LogP contribution in [0.2, 0.25) is 0 Å². The average molecular weight is 412 g/mol. The van der Waals surface area contributed by atoms with Gasteiger partial charge in [0.1, 0.15) is 6.04 Å². The molecule has 2 aromatic carbocycles. The van der Waals surface area contributed by atoms with Gasteiger partial charge in [0, 0.05) is 39.3 Å². The van der Waals surface area contributed by atoms with Gasteiger partial charge in [0.25, 0.3) is 0 Å². The Morgan fingerprint density at radius 1 is 1.04 bits per heavy atom. The topological polar surface area (TPSA) is 44.8 Å². The molecule has 0 saturated carbocycles. The van der Waals surface area contributed by atoms with E-state index in [1.54, 1.807) is 0 Å². The number of rotatable bonds is 3. The molecule has 0 aliphatic carbocycles. The number of hydrogen-bond donors (Lipinski definition) is 1. The number of amides is 1. The van der Waals surface area contributed by atoms with Crippen molar-refractivity contribution < 1.29 is 9.53 Å². The molecule has 2 fully saturated rings. The van der Waals surface area contributed by atoms with E-state index in [-0.39, 0.29) is 36.8 Å². The summed E-state index contributed by atoms with van der Waals surface area (Å²) in [7, 11) is 0. The van der Waals surface area contributed by atoms with Crippen LogP contribution in [0.4, 0.5) is 0 Å². The monoisotopic (exact) mass is 411 g/mol. The van der Waals surface area contributed by atoms with Crippen molar-refractivity contribution in [1.29, 1.82) is 0 Å². The van der Waals surface area contributed by atoms with Crippen LogP contribution in [0.25, 0.3) is 10.8 Å². The number of halogens is 2. The molecule has 1 unspecified atom stereocenters. The van der Waals surface area contributed by atoms with Crippen molar-refractivity contribution in [2.24, 2.45) is 0 Å². The Kier molecular flexibility index (Phi) is 8.32. The van der Waals surface area contributed by atoms with E-state index in [0.717, 1.165) is 39.3 Å². The molecule has 0 bridgehead atoms. The van der Waals surface area contributed by atoms with Gasteiger partial charge < -0.3 is 15.0 Å². The number of nitrogens with one attached hydrogen (secondary N) is 1. The highest BCUT2D eigenvalue weighted by molar-refractivity contribution is 5.86. The first kappa shape index (κ1) is 21.9. The molecule has 2 aromatic rings. The van der Waals surface area contributed by atoms with E-state index in [0.29, 0.717) is 13.2 Å². The number of carbonyl (C=O) groups is 1. The molecule has 1 atom stereocenters. The molecule has 2 heterocycles. The largest absolute Gasteiger partial charge is 0.378 e. The first-order valence-corrected chi connectivity index (χ1v) is 9.10. The van der Waals surface area contributed by atoms with Crippen molar-refractivity contribution in [2.75, 3.05) is 45.9 Å². The first-order chi connectivity index (χ1) is 12.3. The van der Waals surface area contributed by atoms with Crippen molar-refractivity contribution in [2.45, 2.75) is 12.6 Å². The molecule has 27 heavy (non-hydrogen) atoms. The minimum absolute atomic E-state index is 0. The summed E-state index contributed by atoms with van der Waals surface area (Å²) in [6.07, 6.45) is 0. The van der Waals surface area contributed by atoms with Crippen LogP contribution in [-0.2, 0) is 16.1 Å². The summed E-state index contributed by atoms with van der Waals surface area (Å²) in [4.78, 5) is 17.0. The van der Waals surface area contributed by atoms with Crippen molar-refractivity contribution in [3.63, 3.8) is 0 Å². The highest BCUT2D eigenvalue weighted by Gasteiger charge is 2.28. The van der Waals surface area contributed by atoms with Gasteiger partial charge in [0.15, 0.2) is 0 Å². The maximum absolute atomic E-state index is 12.6. The summed E-state index contributed by atoms with van der Waals surface area (Å²) in [5.74, 6) is 0.185. The van der Waals surface area contributed by atoms with Crippen molar-refractivity contribution in [3.05, 3.63) is 48.0 Å². The van der Waals surface area contributed by atoms with E-state index in [1.807, 2.05) is 4.90 Å². The highest BCUT2D eigenvalue weighted by atomic mass is 35.5. The Bertz CT molecular complexity index is 740. The van der Waals surface area contributed by atoms with Gasteiger partial charge in [-0.3, -0.25) is 9.69 Å². The van der Waals surface area contributed by atoms with Gasteiger partial charge in [-0.15, -0.1) is 24.8 Å². The summed E-state index contributed by atoms with van der Waals surface area (Å²) in [5, 5.41) is 5.87. The molecule has 4 rings (SSSR count). The average Bonchev–Trinajstić information content (AvgIpc) is 2.69. The van der Waals surface area contributed by atoms with Crippen LogP contribution in [0.5, 0.6) is 0 Å². The quantitative estimate of drug-likeness (QED) is 0.841. The standard InChI is InChI=1S/C20H25N3O2.2ClH/c24-20(19-15-25-13-8-21-19)23-11-9-22(10-12-23)14-17-6-3-5-16-4-1-2-7-18(16)17;;/h1-7,19,21H,8-15H2;2*1H. The van der Waals surface area contributed by atoms with Crippen LogP contribution in [0, 0.1) is 0 Å². The fourth-order valence-corrected chi connectivity index (χ4v) is 3.74. The van der Waals surface area contributed by atoms with Gasteiger partial charge >= 0.3 is 0 Å².